The molecule has 0 saturated heterocycles. The zero-order valence-electron chi connectivity index (χ0n) is 14.2. The molecule has 124 valence electrons. The van der Waals surface area contributed by atoms with Crippen LogP contribution in [0.5, 0.6) is 5.75 Å². The molecule has 0 aliphatic heterocycles. The average molecular weight is 340 g/mol. The van der Waals surface area contributed by atoms with E-state index in [-0.39, 0.29) is 11.8 Å². The fourth-order valence-electron chi connectivity index (χ4n) is 2.53. The van der Waals surface area contributed by atoms with Crippen molar-refractivity contribution in [1.29, 1.82) is 0 Å². The minimum absolute atomic E-state index is 0.0448. The Labute approximate surface area is 145 Å². The summed E-state index contributed by atoms with van der Waals surface area (Å²) in [5.74, 6) is 0.535. The second-order valence-electron chi connectivity index (χ2n) is 5.84. The van der Waals surface area contributed by atoms with Crippen LogP contribution in [0.2, 0.25) is 0 Å². The third-order valence-corrected chi connectivity index (χ3v) is 5.21. The summed E-state index contributed by atoms with van der Waals surface area (Å²) in [5.41, 5.74) is 1.94. The van der Waals surface area contributed by atoms with Crippen molar-refractivity contribution in [3.05, 3.63) is 52.5 Å². The van der Waals surface area contributed by atoms with Crippen molar-refractivity contribution >= 4 is 33.1 Å². The van der Waals surface area contributed by atoms with E-state index in [1.165, 1.54) is 11.3 Å². The Kier molecular flexibility index (Phi) is 4.53. The molecule has 2 aromatic carbocycles. The number of hydrogen-bond donors (Lipinski definition) is 1. The Bertz CT molecular complexity index is 882. The first-order valence-corrected chi connectivity index (χ1v) is 8.62. The van der Waals surface area contributed by atoms with Gasteiger partial charge in [-0.25, -0.2) is 4.98 Å². The van der Waals surface area contributed by atoms with Crippen LogP contribution >= 0.6 is 11.3 Å². The predicted octanol–water partition coefficient (Wildman–Crippen LogP) is 4.66. The number of carbonyl (C=O) groups excluding carboxylic acids is 1. The molecule has 1 heterocycles. The molecule has 1 N–H and O–H groups in total. The molecule has 0 radical (unpaired) electrons. The SMILES string of the molecule is COc1ccc2cc([C@H](C)C(=O)Nc3nc(C)c(C)s3)ccc2c1. The van der Waals surface area contributed by atoms with E-state index in [4.69, 9.17) is 4.74 Å². The number of aromatic nitrogens is 1. The zero-order chi connectivity index (χ0) is 17.3. The number of carbonyl (C=O) groups is 1. The van der Waals surface area contributed by atoms with Crippen LogP contribution in [0.3, 0.4) is 0 Å². The number of fused-ring (bicyclic) bond motifs is 1. The molecular formula is C19H20N2O2S. The number of benzene rings is 2. The molecule has 0 aliphatic carbocycles. The molecule has 0 bridgehead atoms. The van der Waals surface area contributed by atoms with Gasteiger partial charge in [0.2, 0.25) is 5.91 Å². The lowest BCUT2D eigenvalue weighted by Gasteiger charge is -2.12. The molecule has 3 aromatic rings. The van der Waals surface area contributed by atoms with Gasteiger partial charge < -0.3 is 10.1 Å². The highest BCUT2D eigenvalue weighted by Gasteiger charge is 2.17. The highest BCUT2D eigenvalue weighted by atomic mass is 32.1. The lowest BCUT2D eigenvalue weighted by molar-refractivity contribution is -0.117. The largest absolute Gasteiger partial charge is 0.497 e. The highest BCUT2D eigenvalue weighted by Crippen LogP contribution is 2.27. The van der Waals surface area contributed by atoms with Crippen molar-refractivity contribution in [2.24, 2.45) is 0 Å². The summed E-state index contributed by atoms with van der Waals surface area (Å²) in [6.07, 6.45) is 0. The summed E-state index contributed by atoms with van der Waals surface area (Å²) >= 11 is 1.50. The number of aryl methyl sites for hydroxylation is 2. The van der Waals surface area contributed by atoms with Crippen LogP contribution in [0.1, 0.15) is 29.0 Å². The summed E-state index contributed by atoms with van der Waals surface area (Å²) in [6.45, 7) is 5.86. The standard InChI is InChI=1S/C19H20N2O2S/c1-11(18(22)21-19-20-12(2)13(3)24-19)14-5-6-16-10-17(23-4)8-7-15(16)9-14/h5-11H,1-4H3,(H,20,21,22)/t11-/m0/s1. The normalized spacial score (nSPS) is 12.2. The number of hydrogen-bond acceptors (Lipinski definition) is 4. The van der Waals surface area contributed by atoms with Gasteiger partial charge in [0.05, 0.1) is 18.7 Å². The molecular weight excluding hydrogens is 320 g/mol. The second kappa shape index (κ2) is 6.61. The highest BCUT2D eigenvalue weighted by molar-refractivity contribution is 7.15. The van der Waals surface area contributed by atoms with Crippen LogP contribution in [-0.2, 0) is 4.79 Å². The first-order chi connectivity index (χ1) is 11.5. The monoisotopic (exact) mass is 340 g/mol. The van der Waals surface area contributed by atoms with E-state index in [0.717, 1.165) is 32.7 Å². The number of methoxy groups -OCH3 is 1. The van der Waals surface area contributed by atoms with Crippen molar-refractivity contribution in [3.8, 4) is 5.75 Å². The van der Waals surface area contributed by atoms with E-state index in [0.29, 0.717) is 5.13 Å². The first-order valence-electron chi connectivity index (χ1n) is 7.80. The maximum Gasteiger partial charge on any atom is 0.233 e. The minimum atomic E-state index is -0.249. The van der Waals surface area contributed by atoms with Crippen molar-refractivity contribution in [2.45, 2.75) is 26.7 Å². The summed E-state index contributed by atoms with van der Waals surface area (Å²) in [6, 6.07) is 12.0. The molecule has 5 heteroatoms. The molecule has 1 aromatic heterocycles. The average Bonchev–Trinajstić information content (AvgIpc) is 2.90. The van der Waals surface area contributed by atoms with E-state index in [9.17, 15) is 4.79 Å². The number of nitrogens with zero attached hydrogens (tertiary/aromatic N) is 1. The topological polar surface area (TPSA) is 51.2 Å². The molecule has 0 unspecified atom stereocenters. The Morgan fingerprint density at radius 2 is 1.88 bits per heavy atom. The van der Waals surface area contributed by atoms with Gasteiger partial charge in [-0.05, 0) is 49.2 Å². The third kappa shape index (κ3) is 3.26. The van der Waals surface area contributed by atoms with E-state index < -0.39 is 0 Å². The number of rotatable bonds is 4. The maximum absolute atomic E-state index is 12.5. The van der Waals surface area contributed by atoms with Gasteiger partial charge in [0.15, 0.2) is 5.13 Å². The molecule has 1 atom stereocenters. The molecule has 3 rings (SSSR count). The van der Waals surface area contributed by atoms with Crippen LogP contribution in [0, 0.1) is 13.8 Å². The second-order valence-corrected chi connectivity index (χ2v) is 7.05. The fourth-order valence-corrected chi connectivity index (χ4v) is 3.35. The Morgan fingerprint density at radius 3 is 2.54 bits per heavy atom. The van der Waals surface area contributed by atoms with Gasteiger partial charge in [0.1, 0.15) is 5.75 Å². The fraction of sp³-hybridized carbons (Fsp3) is 0.263. The van der Waals surface area contributed by atoms with E-state index in [2.05, 4.69) is 16.4 Å². The maximum atomic E-state index is 12.5. The van der Waals surface area contributed by atoms with Gasteiger partial charge in [-0.2, -0.15) is 0 Å². The molecule has 0 fully saturated rings. The Hall–Kier alpha value is -2.40. The number of ether oxygens (including phenoxy) is 1. The summed E-state index contributed by atoms with van der Waals surface area (Å²) in [7, 11) is 1.66. The number of nitrogens with one attached hydrogen (secondary N) is 1. The predicted molar refractivity (Wildman–Crippen MR) is 99.1 cm³/mol. The van der Waals surface area contributed by atoms with Gasteiger partial charge in [-0.3, -0.25) is 4.79 Å². The van der Waals surface area contributed by atoms with Crippen LogP contribution in [-0.4, -0.2) is 18.0 Å². The molecule has 0 spiro atoms. The van der Waals surface area contributed by atoms with Gasteiger partial charge in [-0.1, -0.05) is 24.3 Å². The third-order valence-electron chi connectivity index (χ3n) is 4.22. The van der Waals surface area contributed by atoms with Crippen molar-refractivity contribution in [1.82, 2.24) is 4.98 Å². The van der Waals surface area contributed by atoms with E-state index >= 15 is 0 Å². The lowest BCUT2D eigenvalue weighted by atomic mass is 9.97. The van der Waals surface area contributed by atoms with Gasteiger partial charge in [0.25, 0.3) is 0 Å². The molecule has 0 saturated carbocycles. The van der Waals surface area contributed by atoms with Gasteiger partial charge >= 0.3 is 0 Å². The molecule has 0 aliphatic rings. The molecule has 24 heavy (non-hydrogen) atoms. The van der Waals surface area contributed by atoms with Gasteiger partial charge in [-0.15, -0.1) is 11.3 Å². The van der Waals surface area contributed by atoms with E-state index in [1.807, 2.05) is 51.1 Å². The minimum Gasteiger partial charge on any atom is -0.497 e. The van der Waals surface area contributed by atoms with Crippen molar-refractivity contribution < 1.29 is 9.53 Å². The van der Waals surface area contributed by atoms with Crippen molar-refractivity contribution in [2.75, 3.05) is 12.4 Å². The summed E-state index contributed by atoms with van der Waals surface area (Å²) in [5, 5.41) is 5.76. The molecule has 4 nitrogen and oxygen atoms in total. The lowest BCUT2D eigenvalue weighted by Crippen LogP contribution is -2.18. The van der Waals surface area contributed by atoms with Crippen LogP contribution in [0.25, 0.3) is 10.8 Å². The quantitative estimate of drug-likeness (QED) is 0.751. The van der Waals surface area contributed by atoms with Crippen LogP contribution < -0.4 is 10.1 Å². The van der Waals surface area contributed by atoms with Gasteiger partial charge in [0, 0.05) is 4.88 Å². The summed E-state index contributed by atoms with van der Waals surface area (Å²) < 4.78 is 5.25. The van der Waals surface area contributed by atoms with Crippen LogP contribution in [0.4, 0.5) is 5.13 Å². The number of thiazole rings is 1. The summed E-state index contributed by atoms with van der Waals surface area (Å²) in [4.78, 5) is 18.0. The number of anilines is 1. The Morgan fingerprint density at radius 1 is 1.17 bits per heavy atom. The first kappa shape index (κ1) is 16.5. The van der Waals surface area contributed by atoms with Crippen LogP contribution in [0.15, 0.2) is 36.4 Å². The van der Waals surface area contributed by atoms with Crippen molar-refractivity contribution in [3.63, 3.8) is 0 Å². The zero-order valence-corrected chi connectivity index (χ0v) is 15.0. The smallest absolute Gasteiger partial charge is 0.233 e. The number of amides is 1. The Balaban J connectivity index is 1.81. The molecule has 1 amide bonds. The van der Waals surface area contributed by atoms with E-state index in [1.54, 1.807) is 7.11 Å².